The largest absolute Gasteiger partial charge is 0.495 e. The monoisotopic (exact) mass is 346 g/mol. The first-order valence-corrected chi connectivity index (χ1v) is 8.85. The van der Waals surface area contributed by atoms with E-state index in [1.165, 1.54) is 30.6 Å². The van der Waals surface area contributed by atoms with E-state index in [-0.39, 0.29) is 10.6 Å². The normalized spacial score (nSPS) is 13.1. The molecule has 0 bridgehead atoms. The standard InChI is InChI=1S/C13H15ClN2O3S2/c1-8(11-7-20-9(2)15-11)16-21(17,18)13-6-10(14)4-5-12(13)19-3/h4-8,16H,1-3H3. The molecule has 114 valence electrons. The van der Waals surface area contributed by atoms with Gasteiger partial charge in [0.15, 0.2) is 0 Å². The molecule has 1 atom stereocenters. The number of rotatable bonds is 5. The number of hydrogen-bond donors (Lipinski definition) is 1. The van der Waals surface area contributed by atoms with Gasteiger partial charge in [0.25, 0.3) is 0 Å². The third-order valence-electron chi connectivity index (χ3n) is 2.83. The molecule has 2 rings (SSSR count). The fourth-order valence-corrected chi connectivity index (χ4v) is 4.15. The summed E-state index contributed by atoms with van der Waals surface area (Å²) in [7, 11) is -2.35. The molecule has 5 nitrogen and oxygen atoms in total. The number of thiazole rings is 1. The van der Waals surface area contributed by atoms with Crippen molar-refractivity contribution in [3.63, 3.8) is 0 Å². The Morgan fingerprint density at radius 3 is 2.71 bits per heavy atom. The molecule has 1 aromatic heterocycles. The van der Waals surface area contributed by atoms with Gasteiger partial charge in [0.1, 0.15) is 10.6 Å². The zero-order valence-corrected chi connectivity index (χ0v) is 14.1. The molecule has 0 saturated heterocycles. The van der Waals surface area contributed by atoms with Crippen LogP contribution in [0.4, 0.5) is 0 Å². The van der Waals surface area contributed by atoms with Gasteiger partial charge in [0.05, 0.1) is 23.9 Å². The minimum Gasteiger partial charge on any atom is -0.495 e. The van der Waals surface area contributed by atoms with Crippen molar-refractivity contribution in [2.45, 2.75) is 24.8 Å². The average Bonchev–Trinajstić information content (AvgIpc) is 2.85. The van der Waals surface area contributed by atoms with Gasteiger partial charge in [-0.3, -0.25) is 0 Å². The Hall–Kier alpha value is -1.15. The van der Waals surface area contributed by atoms with E-state index >= 15 is 0 Å². The second-order valence-corrected chi connectivity index (χ2v) is 7.61. The van der Waals surface area contributed by atoms with Gasteiger partial charge in [-0.2, -0.15) is 0 Å². The molecule has 1 N–H and O–H groups in total. The number of halogens is 1. The Morgan fingerprint density at radius 2 is 2.14 bits per heavy atom. The minimum absolute atomic E-state index is 0.0105. The molecule has 1 heterocycles. The van der Waals surface area contributed by atoms with Gasteiger partial charge in [0.2, 0.25) is 10.0 Å². The van der Waals surface area contributed by atoms with Gasteiger partial charge in [-0.05, 0) is 32.0 Å². The van der Waals surface area contributed by atoms with Crippen LogP contribution >= 0.6 is 22.9 Å². The molecule has 0 aliphatic carbocycles. The first kappa shape index (κ1) is 16.2. The summed E-state index contributed by atoms with van der Waals surface area (Å²) in [6.07, 6.45) is 0. The number of hydrogen-bond acceptors (Lipinski definition) is 5. The fourth-order valence-electron chi connectivity index (χ4n) is 1.80. The van der Waals surface area contributed by atoms with Crippen molar-refractivity contribution in [1.29, 1.82) is 0 Å². The van der Waals surface area contributed by atoms with E-state index in [4.69, 9.17) is 16.3 Å². The highest BCUT2D eigenvalue weighted by atomic mass is 35.5. The molecular formula is C13H15ClN2O3S2. The zero-order chi connectivity index (χ0) is 15.6. The summed E-state index contributed by atoms with van der Waals surface area (Å²) in [4.78, 5) is 4.29. The van der Waals surface area contributed by atoms with Crippen LogP contribution in [0.1, 0.15) is 23.7 Å². The van der Waals surface area contributed by atoms with Crippen molar-refractivity contribution in [2.75, 3.05) is 7.11 Å². The number of methoxy groups -OCH3 is 1. The van der Waals surface area contributed by atoms with Crippen LogP contribution in [-0.2, 0) is 10.0 Å². The van der Waals surface area contributed by atoms with Crippen molar-refractivity contribution >= 4 is 33.0 Å². The van der Waals surface area contributed by atoms with Crippen LogP contribution in [0.2, 0.25) is 5.02 Å². The molecule has 8 heteroatoms. The van der Waals surface area contributed by atoms with Gasteiger partial charge in [-0.15, -0.1) is 11.3 Å². The number of benzene rings is 1. The molecule has 0 aliphatic heterocycles. The smallest absolute Gasteiger partial charge is 0.244 e. The van der Waals surface area contributed by atoms with Crippen LogP contribution in [0.5, 0.6) is 5.75 Å². The molecule has 1 unspecified atom stereocenters. The molecule has 0 aliphatic rings. The second kappa shape index (κ2) is 6.31. The number of aromatic nitrogens is 1. The maximum atomic E-state index is 12.5. The summed E-state index contributed by atoms with van der Waals surface area (Å²) in [6.45, 7) is 3.61. The molecule has 0 saturated carbocycles. The Morgan fingerprint density at radius 1 is 1.43 bits per heavy atom. The lowest BCUT2D eigenvalue weighted by atomic mass is 10.3. The van der Waals surface area contributed by atoms with E-state index < -0.39 is 16.1 Å². The van der Waals surface area contributed by atoms with Crippen LogP contribution < -0.4 is 9.46 Å². The van der Waals surface area contributed by atoms with E-state index in [0.717, 1.165) is 5.01 Å². The molecule has 0 fully saturated rings. The number of nitrogens with one attached hydrogen (secondary N) is 1. The lowest BCUT2D eigenvalue weighted by Crippen LogP contribution is -2.27. The van der Waals surface area contributed by atoms with Crippen LogP contribution in [-0.4, -0.2) is 20.5 Å². The Bertz CT molecular complexity index is 744. The molecule has 1 aromatic carbocycles. The first-order chi connectivity index (χ1) is 9.83. The van der Waals surface area contributed by atoms with Crippen LogP contribution in [0.3, 0.4) is 0 Å². The Kier molecular flexibility index (Phi) is 4.88. The van der Waals surface area contributed by atoms with Gasteiger partial charge in [0, 0.05) is 10.4 Å². The molecule has 2 aromatic rings. The van der Waals surface area contributed by atoms with Crippen LogP contribution in [0, 0.1) is 6.92 Å². The molecular weight excluding hydrogens is 332 g/mol. The topological polar surface area (TPSA) is 68.3 Å². The summed E-state index contributed by atoms with van der Waals surface area (Å²) < 4.78 is 32.6. The number of ether oxygens (including phenoxy) is 1. The number of sulfonamides is 1. The van der Waals surface area contributed by atoms with Gasteiger partial charge >= 0.3 is 0 Å². The predicted octanol–water partition coefficient (Wildman–Crippen LogP) is 3.15. The molecule has 0 spiro atoms. The summed E-state index contributed by atoms with van der Waals surface area (Å²) in [5.41, 5.74) is 0.682. The quantitative estimate of drug-likeness (QED) is 0.903. The van der Waals surface area contributed by atoms with Crippen molar-refractivity contribution < 1.29 is 13.2 Å². The third-order valence-corrected chi connectivity index (χ3v) is 5.42. The Labute approximate surface area is 133 Å². The highest BCUT2D eigenvalue weighted by Gasteiger charge is 2.23. The summed E-state index contributed by atoms with van der Waals surface area (Å²) in [5.74, 6) is 0.244. The van der Waals surface area contributed by atoms with Crippen molar-refractivity contribution in [1.82, 2.24) is 9.71 Å². The molecule has 0 radical (unpaired) electrons. The van der Waals surface area contributed by atoms with Crippen LogP contribution in [0.15, 0.2) is 28.5 Å². The van der Waals surface area contributed by atoms with Gasteiger partial charge < -0.3 is 4.74 Å². The second-order valence-electron chi connectivity index (χ2n) is 4.43. The van der Waals surface area contributed by atoms with Crippen molar-refractivity contribution in [3.8, 4) is 5.75 Å². The summed E-state index contributed by atoms with van der Waals surface area (Å²) >= 11 is 7.35. The third kappa shape index (κ3) is 3.74. The zero-order valence-electron chi connectivity index (χ0n) is 11.8. The van der Waals surface area contributed by atoms with E-state index in [9.17, 15) is 8.42 Å². The highest BCUT2D eigenvalue weighted by molar-refractivity contribution is 7.89. The summed E-state index contributed by atoms with van der Waals surface area (Å²) in [6, 6.07) is 4.02. The van der Waals surface area contributed by atoms with Crippen LogP contribution in [0.25, 0.3) is 0 Å². The van der Waals surface area contributed by atoms with E-state index in [2.05, 4.69) is 9.71 Å². The van der Waals surface area contributed by atoms with Crippen molar-refractivity contribution in [3.05, 3.63) is 39.3 Å². The number of nitrogens with zero attached hydrogens (tertiary/aromatic N) is 1. The average molecular weight is 347 g/mol. The maximum Gasteiger partial charge on any atom is 0.244 e. The first-order valence-electron chi connectivity index (χ1n) is 6.11. The fraction of sp³-hybridized carbons (Fsp3) is 0.308. The van der Waals surface area contributed by atoms with Crippen molar-refractivity contribution in [2.24, 2.45) is 0 Å². The van der Waals surface area contributed by atoms with E-state index in [1.54, 1.807) is 13.0 Å². The molecule has 0 amide bonds. The highest BCUT2D eigenvalue weighted by Crippen LogP contribution is 2.28. The predicted molar refractivity (Wildman–Crippen MR) is 83.6 cm³/mol. The number of aryl methyl sites for hydroxylation is 1. The lowest BCUT2D eigenvalue weighted by Gasteiger charge is -2.14. The van der Waals surface area contributed by atoms with Gasteiger partial charge in [-0.1, -0.05) is 11.6 Å². The molecule has 21 heavy (non-hydrogen) atoms. The van der Waals surface area contributed by atoms with E-state index in [0.29, 0.717) is 10.7 Å². The Balaban J connectivity index is 2.32. The maximum absolute atomic E-state index is 12.5. The lowest BCUT2D eigenvalue weighted by molar-refractivity contribution is 0.402. The summed E-state index contributed by atoms with van der Waals surface area (Å²) in [5, 5.41) is 3.04. The van der Waals surface area contributed by atoms with E-state index in [1.807, 2.05) is 12.3 Å². The van der Waals surface area contributed by atoms with Gasteiger partial charge in [-0.25, -0.2) is 18.1 Å². The SMILES string of the molecule is COc1ccc(Cl)cc1S(=O)(=O)NC(C)c1csc(C)n1. The minimum atomic E-state index is -3.76.